The molecule has 96 valence electrons. The van der Waals surface area contributed by atoms with E-state index in [1.54, 1.807) is 7.11 Å². The van der Waals surface area contributed by atoms with Gasteiger partial charge in [-0.1, -0.05) is 19.9 Å². The molecule has 0 radical (unpaired) electrons. The maximum Gasteiger partial charge on any atom is 0.133 e. The van der Waals surface area contributed by atoms with Crippen LogP contribution < -0.4 is 4.74 Å². The van der Waals surface area contributed by atoms with Gasteiger partial charge < -0.3 is 9.84 Å². The minimum atomic E-state index is -0.252. The molecule has 0 saturated carbocycles. The first-order valence-corrected chi connectivity index (χ1v) is 6.82. The van der Waals surface area contributed by atoms with Gasteiger partial charge in [-0.15, -0.1) is 0 Å². The summed E-state index contributed by atoms with van der Waals surface area (Å²) in [6.07, 6.45) is 2.38. The highest BCUT2D eigenvalue weighted by atomic mass is 79.9. The molecule has 0 heterocycles. The molecule has 0 saturated heterocycles. The fourth-order valence-corrected chi connectivity index (χ4v) is 2.32. The number of aliphatic hydroxyl groups excluding tert-OH is 1. The quantitative estimate of drug-likeness (QED) is 0.866. The van der Waals surface area contributed by atoms with Gasteiger partial charge in [0.05, 0.1) is 17.7 Å². The molecule has 0 aliphatic heterocycles. The zero-order valence-corrected chi connectivity index (χ0v) is 12.3. The Balaban J connectivity index is 2.53. The molecular weight excluding hydrogens is 280 g/mol. The minimum absolute atomic E-state index is 0.252. The zero-order valence-electron chi connectivity index (χ0n) is 10.7. The second-order valence-corrected chi connectivity index (χ2v) is 5.65. The van der Waals surface area contributed by atoms with Crippen molar-refractivity contribution in [2.45, 2.75) is 39.2 Å². The summed E-state index contributed by atoms with van der Waals surface area (Å²) < 4.78 is 6.11. The van der Waals surface area contributed by atoms with Crippen LogP contribution in [0.4, 0.5) is 0 Å². The summed E-state index contributed by atoms with van der Waals surface area (Å²) in [6, 6.07) is 5.94. The number of methoxy groups -OCH3 is 1. The summed E-state index contributed by atoms with van der Waals surface area (Å²) in [5.74, 6) is 1.47. The first kappa shape index (κ1) is 14.5. The van der Waals surface area contributed by atoms with E-state index < -0.39 is 0 Å². The average Bonchev–Trinajstić information content (AvgIpc) is 2.26. The standard InChI is InChI=1S/C14H21BrO2/c1-10(2)4-6-12(16)8-11-5-7-14(17-3)13(15)9-11/h5,7,9-10,12,16H,4,6,8H2,1-3H3. The van der Waals surface area contributed by atoms with Crippen molar-refractivity contribution in [1.29, 1.82) is 0 Å². The summed E-state index contributed by atoms with van der Waals surface area (Å²) in [6.45, 7) is 4.35. The minimum Gasteiger partial charge on any atom is -0.496 e. The van der Waals surface area contributed by atoms with Crippen LogP contribution >= 0.6 is 15.9 Å². The van der Waals surface area contributed by atoms with E-state index in [-0.39, 0.29) is 6.10 Å². The van der Waals surface area contributed by atoms with Gasteiger partial charge in [0, 0.05) is 0 Å². The predicted molar refractivity (Wildman–Crippen MR) is 74.5 cm³/mol. The Labute approximate surface area is 112 Å². The van der Waals surface area contributed by atoms with Crippen LogP contribution in [-0.2, 0) is 6.42 Å². The largest absolute Gasteiger partial charge is 0.496 e. The fraction of sp³-hybridized carbons (Fsp3) is 0.571. The molecule has 3 heteroatoms. The second-order valence-electron chi connectivity index (χ2n) is 4.80. The second kappa shape index (κ2) is 7.02. The van der Waals surface area contributed by atoms with Crippen molar-refractivity contribution < 1.29 is 9.84 Å². The molecule has 1 unspecified atom stereocenters. The molecular formula is C14H21BrO2. The molecule has 2 nitrogen and oxygen atoms in total. The van der Waals surface area contributed by atoms with E-state index in [9.17, 15) is 5.11 Å². The molecule has 1 aromatic carbocycles. The molecule has 0 amide bonds. The third-order valence-electron chi connectivity index (χ3n) is 2.76. The number of aliphatic hydroxyl groups is 1. The van der Waals surface area contributed by atoms with Crippen LogP contribution in [0.15, 0.2) is 22.7 Å². The van der Waals surface area contributed by atoms with Gasteiger partial charge in [0.25, 0.3) is 0 Å². The Morgan fingerprint density at radius 1 is 1.29 bits per heavy atom. The lowest BCUT2D eigenvalue weighted by Crippen LogP contribution is -2.11. The highest BCUT2D eigenvalue weighted by molar-refractivity contribution is 9.10. The normalized spacial score (nSPS) is 12.8. The smallest absolute Gasteiger partial charge is 0.133 e. The van der Waals surface area contributed by atoms with Gasteiger partial charge in [0.1, 0.15) is 5.75 Å². The molecule has 17 heavy (non-hydrogen) atoms. The van der Waals surface area contributed by atoms with Crippen molar-refractivity contribution in [2.24, 2.45) is 5.92 Å². The molecule has 0 bridgehead atoms. The van der Waals surface area contributed by atoms with E-state index in [1.165, 1.54) is 0 Å². The van der Waals surface area contributed by atoms with Crippen LogP contribution in [0.25, 0.3) is 0 Å². The number of hydrogen-bond donors (Lipinski definition) is 1. The van der Waals surface area contributed by atoms with Gasteiger partial charge in [-0.2, -0.15) is 0 Å². The lowest BCUT2D eigenvalue weighted by molar-refractivity contribution is 0.157. The molecule has 0 aliphatic carbocycles. The number of benzene rings is 1. The van der Waals surface area contributed by atoms with E-state index in [1.807, 2.05) is 18.2 Å². The Bertz CT molecular complexity index is 350. The summed E-state index contributed by atoms with van der Waals surface area (Å²) in [4.78, 5) is 0. The summed E-state index contributed by atoms with van der Waals surface area (Å²) >= 11 is 3.45. The monoisotopic (exact) mass is 300 g/mol. The van der Waals surface area contributed by atoms with Gasteiger partial charge in [-0.25, -0.2) is 0 Å². The Morgan fingerprint density at radius 3 is 2.53 bits per heavy atom. The molecule has 1 rings (SSSR count). The maximum absolute atomic E-state index is 9.92. The highest BCUT2D eigenvalue weighted by Crippen LogP contribution is 2.26. The lowest BCUT2D eigenvalue weighted by Gasteiger charge is -2.13. The van der Waals surface area contributed by atoms with Gasteiger partial charge in [0.15, 0.2) is 0 Å². The summed E-state index contributed by atoms with van der Waals surface area (Å²) in [5.41, 5.74) is 1.13. The van der Waals surface area contributed by atoms with Crippen LogP contribution in [0.1, 0.15) is 32.3 Å². The van der Waals surface area contributed by atoms with Crippen LogP contribution in [0, 0.1) is 5.92 Å². The van der Waals surface area contributed by atoms with Crippen molar-refractivity contribution in [2.75, 3.05) is 7.11 Å². The third kappa shape index (κ3) is 5.09. The lowest BCUT2D eigenvalue weighted by atomic mass is 10.00. The number of halogens is 1. The van der Waals surface area contributed by atoms with Crippen LogP contribution in [-0.4, -0.2) is 18.3 Å². The van der Waals surface area contributed by atoms with Crippen molar-refractivity contribution in [3.8, 4) is 5.75 Å². The van der Waals surface area contributed by atoms with Crippen molar-refractivity contribution in [3.05, 3.63) is 28.2 Å². The van der Waals surface area contributed by atoms with E-state index in [0.717, 1.165) is 28.6 Å². The number of ether oxygens (including phenoxy) is 1. The van der Waals surface area contributed by atoms with Gasteiger partial charge >= 0.3 is 0 Å². The van der Waals surface area contributed by atoms with Crippen LogP contribution in [0.5, 0.6) is 5.75 Å². The van der Waals surface area contributed by atoms with Crippen molar-refractivity contribution >= 4 is 15.9 Å². The molecule has 1 N–H and O–H groups in total. The Kier molecular flexibility index (Phi) is 6.00. The zero-order chi connectivity index (χ0) is 12.8. The molecule has 0 aliphatic rings. The first-order valence-electron chi connectivity index (χ1n) is 6.03. The van der Waals surface area contributed by atoms with Crippen molar-refractivity contribution in [3.63, 3.8) is 0 Å². The molecule has 1 aromatic rings. The predicted octanol–water partition coefficient (Wildman–Crippen LogP) is 3.80. The summed E-state index contributed by atoms with van der Waals surface area (Å²) in [5, 5.41) is 9.92. The SMILES string of the molecule is COc1ccc(CC(O)CCC(C)C)cc1Br. The molecule has 0 spiro atoms. The van der Waals surface area contributed by atoms with Crippen LogP contribution in [0.3, 0.4) is 0 Å². The first-order chi connectivity index (χ1) is 8.02. The topological polar surface area (TPSA) is 29.5 Å². The number of hydrogen-bond acceptors (Lipinski definition) is 2. The highest BCUT2D eigenvalue weighted by Gasteiger charge is 2.08. The van der Waals surface area contributed by atoms with Crippen molar-refractivity contribution in [1.82, 2.24) is 0 Å². The molecule has 0 fully saturated rings. The van der Waals surface area contributed by atoms with Crippen LogP contribution in [0.2, 0.25) is 0 Å². The number of rotatable bonds is 6. The third-order valence-corrected chi connectivity index (χ3v) is 3.38. The van der Waals surface area contributed by atoms with E-state index in [4.69, 9.17) is 4.74 Å². The van der Waals surface area contributed by atoms with E-state index in [0.29, 0.717) is 12.3 Å². The fourth-order valence-electron chi connectivity index (χ4n) is 1.74. The van der Waals surface area contributed by atoms with Gasteiger partial charge in [0.2, 0.25) is 0 Å². The summed E-state index contributed by atoms with van der Waals surface area (Å²) in [7, 11) is 1.65. The maximum atomic E-state index is 9.92. The molecule has 0 aromatic heterocycles. The average molecular weight is 301 g/mol. The molecule has 1 atom stereocenters. The Morgan fingerprint density at radius 2 is 2.00 bits per heavy atom. The van der Waals surface area contributed by atoms with Gasteiger partial charge in [-0.05, 0) is 58.8 Å². The Hall–Kier alpha value is -0.540. The van der Waals surface area contributed by atoms with E-state index in [2.05, 4.69) is 29.8 Å². The van der Waals surface area contributed by atoms with E-state index >= 15 is 0 Å². The van der Waals surface area contributed by atoms with Gasteiger partial charge in [-0.3, -0.25) is 0 Å².